The van der Waals surface area contributed by atoms with Crippen molar-refractivity contribution < 1.29 is 0 Å². The van der Waals surface area contributed by atoms with Crippen molar-refractivity contribution in [2.75, 3.05) is 19.6 Å². The number of nitrogens with zero attached hydrogens (tertiary/aromatic N) is 2. The topological polar surface area (TPSA) is 20.2 Å². The highest BCUT2D eigenvalue weighted by Crippen LogP contribution is 2.00. The van der Waals surface area contributed by atoms with Gasteiger partial charge in [0.25, 0.3) is 0 Å². The lowest BCUT2D eigenvalue weighted by Gasteiger charge is -2.26. The number of hydrogen-bond acceptors (Lipinski definition) is 2. The predicted octanol–water partition coefficient (Wildman–Crippen LogP) is 1.84. The summed E-state index contributed by atoms with van der Waals surface area (Å²) in [5, 5.41) is 3.51. The van der Waals surface area contributed by atoms with E-state index in [9.17, 15) is 0 Å². The lowest BCUT2D eigenvalue weighted by Crippen LogP contribution is -2.39. The normalized spacial score (nSPS) is 13.3. The standard InChI is InChI=1S/C13H25N3/c1-5-16(6-2)12(3)9-14-10-13-7-8-15(4)11-13/h7-8,11-12,14H,5-6,9-10H2,1-4H3. The van der Waals surface area contributed by atoms with Gasteiger partial charge in [0.1, 0.15) is 0 Å². The Bertz CT molecular complexity index is 289. The summed E-state index contributed by atoms with van der Waals surface area (Å²) < 4.78 is 2.09. The summed E-state index contributed by atoms with van der Waals surface area (Å²) in [6.45, 7) is 11.0. The summed E-state index contributed by atoms with van der Waals surface area (Å²) in [4.78, 5) is 2.47. The number of hydrogen-bond donors (Lipinski definition) is 1. The molecular formula is C13H25N3. The monoisotopic (exact) mass is 223 g/mol. The zero-order valence-corrected chi connectivity index (χ0v) is 11.0. The molecule has 0 aliphatic rings. The van der Waals surface area contributed by atoms with E-state index in [4.69, 9.17) is 0 Å². The minimum atomic E-state index is 0.610. The van der Waals surface area contributed by atoms with Crippen LogP contribution in [0.2, 0.25) is 0 Å². The molecular weight excluding hydrogens is 198 g/mol. The van der Waals surface area contributed by atoms with Gasteiger partial charge in [0.2, 0.25) is 0 Å². The van der Waals surface area contributed by atoms with Gasteiger partial charge in [0, 0.05) is 38.6 Å². The average Bonchev–Trinajstić information content (AvgIpc) is 2.66. The minimum Gasteiger partial charge on any atom is -0.357 e. The molecule has 1 aromatic heterocycles. The Kier molecular flexibility index (Phi) is 5.56. The van der Waals surface area contributed by atoms with Gasteiger partial charge in [-0.1, -0.05) is 13.8 Å². The first-order chi connectivity index (χ1) is 7.67. The van der Waals surface area contributed by atoms with Crippen molar-refractivity contribution in [3.05, 3.63) is 24.0 Å². The van der Waals surface area contributed by atoms with E-state index < -0.39 is 0 Å². The molecule has 1 atom stereocenters. The van der Waals surface area contributed by atoms with E-state index in [-0.39, 0.29) is 0 Å². The lowest BCUT2D eigenvalue weighted by molar-refractivity contribution is 0.225. The van der Waals surface area contributed by atoms with Crippen molar-refractivity contribution >= 4 is 0 Å². The molecule has 92 valence electrons. The van der Waals surface area contributed by atoms with Gasteiger partial charge in [0.15, 0.2) is 0 Å². The molecule has 0 aliphatic carbocycles. The third kappa shape index (κ3) is 3.99. The van der Waals surface area contributed by atoms with E-state index >= 15 is 0 Å². The third-order valence-corrected chi connectivity index (χ3v) is 3.10. The molecule has 0 radical (unpaired) electrons. The molecule has 16 heavy (non-hydrogen) atoms. The number of likely N-dealkylation sites (N-methyl/N-ethyl adjacent to an activating group) is 1. The van der Waals surface area contributed by atoms with Crippen molar-refractivity contribution in [3.8, 4) is 0 Å². The van der Waals surface area contributed by atoms with Crippen LogP contribution in [0, 0.1) is 0 Å². The summed E-state index contributed by atoms with van der Waals surface area (Å²) in [6.07, 6.45) is 4.25. The van der Waals surface area contributed by atoms with E-state index in [1.54, 1.807) is 0 Å². The van der Waals surface area contributed by atoms with Crippen LogP contribution in [0.25, 0.3) is 0 Å². The molecule has 3 nitrogen and oxygen atoms in total. The zero-order chi connectivity index (χ0) is 12.0. The Morgan fingerprint density at radius 2 is 2.06 bits per heavy atom. The van der Waals surface area contributed by atoms with Crippen LogP contribution in [0.15, 0.2) is 18.5 Å². The van der Waals surface area contributed by atoms with E-state index in [2.05, 4.69) is 61.1 Å². The van der Waals surface area contributed by atoms with E-state index in [0.29, 0.717) is 6.04 Å². The highest BCUT2D eigenvalue weighted by Gasteiger charge is 2.08. The zero-order valence-electron chi connectivity index (χ0n) is 11.0. The summed E-state index contributed by atoms with van der Waals surface area (Å²) in [5.74, 6) is 0. The predicted molar refractivity (Wildman–Crippen MR) is 69.5 cm³/mol. The molecule has 3 heteroatoms. The first kappa shape index (κ1) is 13.3. The molecule has 1 rings (SSSR count). The Morgan fingerprint density at radius 3 is 2.56 bits per heavy atom. The van der Waals surface area contributed by atoms with Crippen LogP contribution >= 0.6 is 0 Å². The third-order valence-electron chi connectivity index (χ3n) is 3.10. The van der Waals surface area contributed by atoms with Gasteiger partial charge < -0.3 is 9.88 Å². The second-order valence-corrected chi connectivity index (χ2v) is 4.39. The molecule has 1 unspecified atom stereocenters. The van der Waals surface area contributed by atoms with E-state index in [1.165, 1.54) is 5.56 Å². The van der Waals surface area contributed by atoms with Crippen LogP contribution < -0.4 is 5.32 Å². The largest absolute Gasteiger partial charge is 0.357 e. The molecule has 1 N–H and O–H groups in total. The fraction of sp³-hybridized carbons (Fsp3) is 0.692. The van der Waals surface area contributed by atoms with E-state index in [1.807, 2.05) is 0 Å². The first-order valence-corrected chi connectivity index (χ1v) is 6.23. The summed E-state index contributed by atoms with van der Waals surface area (Å²) in [5.41, 5.74) is 1.36. The molecule has 1 aromatic rings. The summed E-state index contributed by atoms with van der Waals surface area (Å²) >= 11 is 0. The van der Waals surface area contributed by atoms with Gasteiger partial charge in [-0.15, -0.1) is 0 Å². The lowest BCUT2D eigenvalue weighted by atomic mass is 10.2. The molecule has 1 heterocycles. The number of rotatable bonds is 7. The smallest absolute Gasteiger partial charge is 0.0221 e. The maximum absolute atomic E-state index is 3.51. The summed E-state index contributed by atoms with van der Waals surface area (Å²) in [6, 6.07) is 2.77. The van der Waals surface area contributed by atoms with Gasteiger partial charge in [-0.25, -0.2) is 0 Å². The number of aryl methyl sites for hydroxylation is 1. The summed E-state index contributed by atoms with van der Waals surface area (Å²) in [7, 11) is 2.06. The van der Waals surface area contributed by atoms with Crippen molar-refractivity contribution in [2.45, 2.75) is 33.4 Å². The van der Waals surface area contributed by atoms with Crippen LogP contribution in [-0.2, 0) is 13.6 Å². The molecule has 0 amide bonds. The van der Waals surface area contributed by atoms with Crippen molar-refractivity contribution in [1.82, 2.24) is 14.8 Å². The van der Waals surface area contributed by atoms with E-state index in [0.717, 1.165) is 26.2 Å². The van der Waals surface area contributed by atoms with Crippen molar-refractivity contribution in [1.29, 1.82) is 0 Å². The van der Waals surface area contributed by atoms with Gasteiger partial charge in [-0.05, 0) is 31.6 Å². The maximum Gasteiger partial charge on any atom is 0.0221 e. The van der Waals surface area contributed by atoms with Gasteiger partial charge in [0.05, 0.1) is 0 Å². The molecule has 0 saturated heterocycles. The Hall–Kier alpha value is -0.800. The Labute approximate surface area is 99.4 Å². The van der Waals surface area contributed by atoms with Crippen LogP contribution in [0.1, 0.15) is 26.3 Å². The molecule has 0 saturated carbocycles. The number of nitrogens with one attached hydrogen (secondary N) is 1. The average molecular weight is 223 g/mol. The quantitative estimate of drug-likeness (QED) is 0.761. The van der Waals surface area contributed by atoms with Crippen LogP contribution in [0.5, 0.6) is 0 Å². The molecule has 0 aliphatic heterocycles. The first-order valence-electron chi connectivity index (χ1n) is 6.23. The van der Waals surface area contributed by atoms with Gasteiger partial charge in [-0.3, -0.25) is 4.90 Å². The Balaban J connectivity index is 2.24. The van der Waals surface area contributed by atoms with Crippen molar-refractivity contribution in [3.63, 3.8) is 0 Å². The molecule has 0 spiro atoms. The van der Waals surface area contributed by atoms with Crippen LogP contribution in [0.4, 0.5) is 0 Å². The van der Waals surface area contributed by atoms with Crippen molar-refractivity contribution in [2.24, 2.45) is 7.05 Å². The molecule has 0 bridgehead atoms. The SMILES string of the molecule is CCN(CC)C(C)CNCc1ccn(C)c1. The van der Waals surface area contributed by atoms with Gasteiger partial charge in [-0.2, -0.15) is 0 Å². The van der Waals surface area contributed by atoms with Gasteiger partial charge >= 0.3 is 0 Å². The highest BCUT2D eigenvalue weighted by molar-refractivity contribution is 5.09. The molecule has 0 aromatic carbocycles. The Morgan fingerprint density at radius 1 is 1.38 bits per heavy atom. The number of aromatic nitrogens is 1. The fourth-order valence-electron chi connectivity index (χ4n) is 2.07. The highest BCUT2D eigenvalue weighted by atomic mass is 15.2. The van der Waals surface area contributed by atoms with Crippen LogP contribution in [0.3, 0.4) is 0 Å². The minimum absolute atomic E-state index is 0.610. The fourth-order valence-corrected chi connectivity index (χ4v) is 2.07. The maximum atomic E-state index is 3.51. The van der Waals surface area contributed by atoms with Crippen LogP contribution in [-0.4, -0.2) is 35.1 Å². The second kappa shape index (κ2) is 6.71. The second-order valence-electron chi connectivity index (χ2n) is 4.39. The molecule has 0 fully saturated rings.